The van der Waals surface area contributed by atoms with Crippen molar-refractivity contribution in [1.29, 1.82) is 0 Å². The van der Waals surface area contributed by atoms with Gasteiger partial charge in [0.05, 0.1) is 12.8 Å². The van der Waals surface area contributed by atoms with E-state index in [1.807, 2.05) is 12.1 Å². The molecule has 0 atom stereocenters. The number of piperazine rings is 1. The first-order chi connectivity index (χ1) is 13.8. The quantitative estimate of drug-likeness (QED) is 0.624. The zero-order chi connectivity index (χ0) is 19.3. The lowest BCUT2D eigenvalue weighted by Gasteiger charge is -2.38. The van der Waals surface area contributed by atoms with Crippen LogP contribution in [0.15, 0.2) is 29.3 Å². The van der Waals surface area contributed by atoms with Gasteiger partial charge in [0.2, 0.25) is 0 Å². The van der Waals surface area contributed by atoms with E-state index in [9.17, 15) is 0 Å². The number of rotatable bonds is 5. The monoisotopic (exact) mass is 383 g/mol. The number of methoxy groups -OCH3 is 1. The molecule has 8 nitrogen and oxygen atoms in total. The van der Waals surface area contributed by atoms with Crippen molar-refractivity contribution in [2.24, 2.45) is 4.99 Å². The first kappa shape index (κ1) is 18.6. The first-order valence-corrected chi connectivity index (χ1v) is 10.1. The molecule has 0 aliphatic carbocycles. The molecule has 1 fully saturated rings. The van der Waals surface area contributed by atoms with E-state index in [1.165, 1.54) is 0 Å². The highest BCUT2D eigenvalue weighted by atomic mass is 16.5. The number of aliphatic imine (C=N–C) groups is 1. The summed E-state index contributed by atoms with van der Waals surface area (Å²) in [5.74, 6) is 3.95. The molecule has 1 N–H and O–H groups in total. The number of aryl methyl sites for hydroxylation is 1. The lowest BCUT2D eigenvalue weighted by molar-refractivity contribution is 0.367. The molecule has 0 spiro atoms. The summed E-state index contributed by atoms with van der Waals surface area (Å²) in [5, 5.41) is 12.0. The fourth-order valence-electron chi connectivity index (χ4n) is 3.95. The van der Waals surface area contributed by atoms with Crippen LogP contribution in [0.4, 0.5) is 5.69 Å². The molecule has 1 saturated heterocycles. The third-order valence-corrected chi connectivity index (χ3v) is 5.40. The standard InChI is InChI=1S/C20H29N7O/c1-3-21-20(22-15-19-24-23-18-9-6-10-27(18)19)26-13-11-25(12-14-26)16-7-4-5-8-17(16)28-2/h4-5,7-8H,3,6,9-15H2,1-2H3,(H,21,22). The van der Waals surface area contributed by atoms with Crippen molar-refractivity contribution in [3.05, 3.63) is 35.9 Å². The summed E-state index contributed by atoms with van der Waals surface area (Å²) in [6.07, 6.45) is 2.19. The highest BCUT2D eigenvalue weighted by Gasteiger charge is 2.22. The average Bonchev–Trinajstić information content (AvgIpc) is 3.36. The highest BCUT2D eigenvalue weighted by Crippen LogP contribution is 2.28. The fourth-order valence-corrected chi connectivity index (χ4v) is 3.95. The summed E-state index contributed by atoms with van der Waals surface area (Å²) in [5.41, 5.74) is 1.16. The first-order valence-electron chi connectivity index (χ1n) is 10.1. The lowest BCUT2D eigenvalue weighted by atomic mass is 10.2. The fraction of sp³-hybridized carbons (Fsp3) is 0.550. The van der Waals surface area contributed by atoms with E-state index in [4.69, 9.17) is 9.73 Å². The van der Waals surface area contributed by atoms with E-state index in [0.717, 1.165) is 81.2 Å². The Balaban J connectivity index is 1.42. The number of nitrogens with zero attached hydrogens (tertiary/aromatic N) is 6. The summed E-state index contributed by atoms with van der Waals surface area (Å²) < 4.78 is 7.74. The van der Waals surface area contributed by atoms with Crippen LogP contribution in [-0.2, 0) is 19.5 Å². The number of guanidine groups is 1. The Labute approximate surface area is 166 Å². The predicted molar refractivity (Wildman–Crippen MR) is 110 cm³/mol. The average molecular weight is 384 g/mol. The van der Waals surface area contributed by atoms with E-state index >= 15 is 0 Å². The summed E-state index contributed by atoms with van der Waals surface area (Å²) in [7, 11) is 1.73. The van der Waals surface area contributed by atoms with E-state index < -0.39 is 0 Å². The SMILES string of the molecule is CCNC(=NCc1nnc2n1CCC2)N1CCN(c2ccccc2OC)CC1. The van der Waals surface area contributed by atoms with Gasteiger partial charge in [-0.3, -0.25) is 0 Å². The summed E-state index contributed by atoms with van der Waals surface area (Å²) in [6.45, 7) is 8.25. The van der Waals surface area contributed by atoms with Crippen molar-refractivity contribution in [3.8, 4) is 5.75 Å². The zero-order valence-electron chi connectivity index (χ0n) is 16.8. The van der Waals surface area contributed by atoms with Gasteiger partial charge in [0.25, 0.3) is 0 Å². The Morgan fingerprint density at radius 1 is 1.14 bits per heavy atom. The third-order valence-electron chi connectivity index (χ3n) is 5.40. The molecular formula is C20H29N7O. The molecule has 3 heterocycles. The minimum atomic E-state index is 0.571. The molecule has 0 radical (unpaired) electrons. The Morgan fingerprint density at radius 3 is 2.75 bits per heavy atom. The van der Waals surface area contributed by atoms with Gasteiger partial charge in [-0.05, 0) is 25.5 Å². The van der Waals surface area contributed by atoms with E-state index in [2.05, 4.69) is 48.9 Å². The normalized spacial score (nSPS) is 17.0. The molecule has 150 valence electrons. The van der Waals surface area contributed by atoms with Gasteiger partial charge in [-0.1, -0.05) is 12.1 Å². The number of nitrogens with one attached hydrogen (secondary N) is 1. The Kier molecular flexibility index (Phi) is 5.64. The number of ether oxygens (including phenoxy) is 1. The summed E-state index contributed by atoms with van der Waals surface area (Å²) in [6, 6.07) is 8.21. The minimum absolute atomic E-state index is 0.571. The molecule has 1 aromatic carbocycles. The molecule has 0 unspecified atom stereocenters. The smallest absolute Gasteiger partial charge is 0.194 e. The number of hydrogen-bond acceptors (Lipinski definition) is 5. The number of hydrogen-bond donors (Lipinski definition) is 1. The van der Waals surface area contributed by atoms with Crippen molar-refractivity contribution >= 4 is 11.6 Å². The van der Waals surface area contributed by atoms with E-state index in [1.54, 1.807) is 7.11 Å². The van der Waals surface area contributed by atoms with Crippen molar-refractivity contribution in [1.82, 2.24) is 25.0 Å². The van der Waals surface area contributed by atoms with Crippen LogP contribution >= 0.6 is 0 Å². The highest BCUT2D eigenvalue weighted by molar-refractivity contribution is 5.80. The zero-order valence-corrected chi connectivity index (χ0v) is 16.8. The minimum Gasteiger partial charge on any atom is -0.495 e. The van der Waals surface area contributed by atoms with Crippen LogP contribution in [0.1, 0.15) is 25.0 Å². The molecule has 2 aromatic rings. The summed E-state index contributed by atoms with van der Waals surface area (Å²) in [4.78, 5) is 9.56. The van der Waals surface area contributed by atoms with Crippen LogP contribution < -0.4 is 15.0 Å². The molecule has 1 aromatic heterocycles. The van der Waals surface area contributed by atoms with Gasteiger partial charge in [0, 0.05) is 45.7 Å². The van der Waals surface area contributed by atoms with Gasteiger partial charge >= 0.3 is 0 Å². The molecule has 4 rings (SSSR count). The Hall–Kier alpha value is -2.77. The number of fused-ring (bicyclic) bond motifs is 1. The second-order valence-corrected chi connectivity index (χ2v) is 7.10. The lowest BCUT2D eigenvalue weighted by Crippen LogP contribution is -2.52. The van der Waals surface area contributed by atoms with Crippen LogP contribution in [0.25, 0.3) is 0 Å². The predicted octanol–water partition coefficient (Wildman–Crippen LogP) is 1.52. The second kappa shape index (κ2) is 8.50. The molecule has 2 aliphatic heterocycles. The Morgan fingerprint density at radius 2 is 1.96 bits per heavy atom. The number of benzene rings is 1. The largest absolute Gasteiger partial charge is 0.495 e. The summed E-state index contributed by atoms with van der Waals surface area (Å²) >= 11 is 0. The van der Waals surface area contributed by atoms with E-state index in [-0.39, 0.29) is 0 Å². The Bertz CT molecular complexity index is 824. The topological polar surface area (TPSA) is 70.8 Å². The van der Waals surface area contributed by atoms with Gasteiger partial charge in [-0.2, -0.15) is 0 Å². The van der Waals surface area contributed by atoms with Gasteiger partial charge in [-0.15, -0.1) is 10.2 Å². The van der Waals surface area contributed by atoms with Crippen LogP contribution in [0, 0.1) is 0 Å². The van der Waals surface area contributed by atoms with Gasteiger partial charge in [0.1, 0.15) is 18.1 Å². The van der Waals surface area contributed by atoms with Crippen LogP contribution in [0.3, 0.4) is 0 Å². The second-order valence-electron chi connectivity index (χ2n) is 7.10. The number of aromatic nitrogens is 3. The molecule has 8 heteroatoms. The van der Waals surface area contributed by atoms with Gasteiger partial charge in [-0.25, -0.2) is 4.99 Å². The van der Waals surface area contributed by atoms with Crippen molar-refractivity contribution < 1.29 is 4.74 Å². The van der Waals surface area contributed by atoms with Gasteiger partial charge < -0.3 is 24.4 Å². The number of anilines is 1. The molecule has 0 amide bonds. The van der Waals surface area contributed by atoms with Crippen molar-refractivity contribution in [3.63, 3.8) is 0 Å². The maximum atomic E-state index is 5.52. The van der Waals surface area contributed by atoms with Crippen molar-refractivity contribution in [2.45, 2.75) is 32.9 Å². The van der Waals surface area contributed by atoms with Crippen LogP contribution in [0.2, 0.25) is 0 Å². The molecular weight excluding hydrogens is 354 g/mol. The van der Waals surface area contributed by atoms with E-state index in [0.29, 0.717) is 6.54 Å². The molecule has 28 heavy (non-hydrogen) atoms. The maximum Gasteiger partial charge on any atom is 0.194 e. The van der Waals surface area contributed by atoms with Gasteiger partial charge in [0.15, 0.2) is 11.8 Å². The van der Waals surface area contributed by atoms with Crippen molar-refractivity contribution in [2.75, 3.05) is 44.7 Å². The number of para-hydroxylation sites is 2. The molecule has 2 aliphatic rings. The van der Waals surface area contributed by atoms with Crippen LogP contribution in [0.5, 0.6) is 5.75 Å². The maximum absolute atomic E-state index is 5.52. The molecule has 0 bridgehead atoms. The van der Waals surface area contributed by atoms with Crippen LogP contribution in [-0.4, -0.2) is 65.5 Å². The molecule has 0 saturated carbocycles. The third kappa shape index (κ3) is 3.76.